The van der Waals surface area contributed by atoms with Crippen molar-refractivity contribution in [3.63, 3.8) is 0 Å². The summed E-state index contributed by atoms with van der Waals surface area (Å²) in [6, 6.07) is 2.36. The predicted octanol–water partition coefficient (Wildman–Crippen LogP) is 3.25. The van der Waals surface area contributed by atoms with Crippen LogP contribution in [-0.2, 0) is 4.74 Å². The quantitative estimate of drug-likeness (QED) is 0.682. The van der Waals surface area contributed by atoms with Gasteiger partial charge < -0.3 is 9.64 Å². The van der Waals surface area contributed by atoms with Gasteiger partial charge >= 0.3 is 6.09 Å². The van der Waals surface area contributed by atoms with Crippen molar-refractivity contribution < 1.29 is 9.53 Å². The minimum Gasteiger partial charge on any atom is -0.444 e. The van der Waals surface area contributed by atoms with Crippen LogP contribution in [0, 0.1) is 17.2 Å². The maximum absolute atomic E-state index is 11.9. The maximum Gasteiger partial charge on any atom is 0.410 e. The molecule has 0 bridgehead atoms. The van der Waals surface area contributed by atoms with Crippen molar-refractivity contribution in [2.24, 2.45) is 5.92 Å². The van der Waals surface area contributed by atoms with Crippen LogP contribution in [0.1, 0.15) is 46.5 Å². The zero-order valence-electron chi connectivity index (χ0n) is 12.0. The van der Waals surface area contributed by atoms with Crippen LogP contribution in [0.5, 0.6) is 0 Å². The van der Waals surface area contributed by atoms with Crippen molar-refractivity contribution in [3.05, 3.63) is 11.1 Å². The standard InChI is InChI=1S/C15H22N2O2/c1-15(2,3)19-14(18)17-8-6-12(7-9-17)13(10-16)11-4-5-11/h11H,4-9H2,1-3H3. The molecule has 0 atom stereocenters. The van der Waals surface area contributed by atoms with E-state index in [1.807, 2.05) is 20.8 Å². The number of hydrogen-bond acceptors (Lipinski definition) is 3. The molecule has 2 rings (SSSR count). The molecular formula is C15H22N2O2. The molecule has 4 nitrogen and oxygen atoms in total. The second kappa shape index (κ2) is 5.24. The SMILES string of the molecule is CC(C)(C)OC(=O)N1CCC(=C(C#N)C2CC2)CC1. The van der Waals surface area contributed by atoms with Gasteiger partial charge in [0.1, 0.15) is 5.60 Å². The van der Waals surface area contributed by atoms with Gasteiger partial charge in [-0.2, -0.15) is 5.26 Å². The average molecular weight is 262 g/mol. The molecule has 1 amide bonds. The van der Waals surface area contributed by atoms with Gasteiger partial charge in [-0.15, -0.1) is 0 Å². The fourth-order valence-corrected chi connectivity index (χ4v) is 2.39. The highest BCUT2D eigenvalue weighted by Gasteiger charge is 2.31. The summed E-state index contributed by atoms with van der Waals surface area (Å²) in [5.41, 5.74) is 1.80. The fourth-order valence-electron chi connectivity index (χ4n) is 2.39. The smallest absolute Gasteiger partial charge is 0.410 e. The number of ether oxygens (including phenoxy) is 1. The van der Waals surface area contributed by atoms with Crippen LogP contribution < -0.4 is 0 Å². The predicted molar refractivity (Wildman–Crippen MR) is 72.4 cm³/mol. The first-order valence-corrected chi connectivity index (χ1v) is 7.00. The van der Waals surface area contributed by atoms with E-state index >= 15 is 0 Å². The molecule has 0 aromatic heterocycles. The van der Waals surface area contributed by atoms with E-state index in [9.17, 15) is 10.1 Å². The zero-order valence-corrected chi connectivity index (χ0v) is 12.0. The minimum atomic E-state index is -0.445. The Balaban J connectivity index is 1.92. The molecule has 0 unspecified atom stereocenters. The lowest BCUT2D eigenvalue weighted by Gasteiger charge is -2.31. The number of allylic oxidation sites excluding steroid dienone is 1. The summed E-state index contributed by atoms with van der Waals surface area (Å²) in [4.78, 5) is 13.7. The number of nitriles is 1. The molecule has 1 heterocycles. The van der Waals surface area contributed by atoms with Crippen LogP contribution in [0.2, 0.25) is 0 Å². The van der Waals surface area contributed by atoms with E-state index in [0.717, 1.165) is 31.3 Å². The molecule has 1 saturated carbocycles. The third-order valence-corrected chi connectivity index (χ3v) is 3.51. The van der Waals surface area contributed by atoms with Crippen molar-refractivity contribution in [3.8, 4) is 6.07 Å². The Kier molecular flexibility index (Phi) is 3.84. The van der Waals surface area contributed by atoms with Gasteiger partial charge in [0.05, 0.1) is 6.07 Å². The molecular weight excluding hydrogens is 240 g/mol. The summed E-state index contributed by atoms with van der Waals surface area (Å²) >= 11 is 0. The summed E-state index contributed by atoms with van der Waals surface area (Å²) in [6.45, 7) is 6.97. The molecule has 0 aromatic rings. The minimum absolute atomic E-state index is 0.239. The van der Waals surface area contributed by atoms with E-state index in [1.54, 1.807) is 4.90 Å². The fraction of sp³-hybridized carbons (Fsp3) is 0.733. The Labute approximate surface area is 115 Å². The maximum atomic E-state index is 11.9. The summed E-state index contributed by atoms with van der Waals surface area (Å²) in [6.07, 6.45) is 3.71. The average Bonchev–Trinajstić information content (AvgIpc) is 3.13. The second-order valence-electron chi connectivity index (χ2n) is 6.37. The molecule has 1 aliphatic carbocycles. The molecule has 0 radical (unpaired) electrons. The molecule has 0 N–H and O–H groups in total. The largest absolute Gasteiger partial charge is 0.444 e. The summed E-state index contributed by atoms with van der Waals surface area (Å²) < 4.78 is 5.36. The molecule has 4 heteroatoms. The van der Waals surface area contributed by atoms with Crippen molar-refractivity contribution in [2.75, 3.05) is 13.1 Å². The van der Waals surface area contributed by atoms with E-state index in [0.29, 0.717) is 19.0 Å². The lowest BCUT2D eigenvalue weighted by Crippen LogP contribution is -2.40. The Hall–Kier alpha value is -1.50. The van der Waals surface area contributed by atoms with E-state index in [4.69, 9.17) is 4.74 Å². The van der Waals surface area contributed by atoms with E-state index in [2.05, 4.69) is 6.07 Å². The van der Waals surface area contributed by atoms with Crippen LogP contribution in [-0.4, -0.2) is 29.7 Å². The van der Waals surface area contributed by atoms with Crippen LogP contribution in [0.4, 0.5) is 4.79 Å². The van der Waals surface area contributed by atoms with Crippen LogP contribution in [0.15, 0.2) is 11.1 Å². The number of carbonyl (C=O) groups excluding carboxylic acids is 1. The van der Waals surface area contributed by atoms with Crippen molar-refractivity contribution in [2.45, 2.75) is 52.1 Å². The Morgan fingerprint density at radius 3 is 2.32 bits per heavy atom. The normalized spacial score (nSPS) is 19.9. The van der Waals surface area contributed by atoms with Gasteiger partial charge in [0.15, 0.2) is 0 Å². The third kappa shape index (κ3) is 3.73. The highest BCUT2D eigenvalue weighted by molar-refractivity contribution is 5.68. The van der Waals surface area contributed by atoms with E-state index in [1.165, 1.54) is 5.57 Å². The molecule has 1 aliphatic heterocycles. The molecule has 19 heavy (non-hydrogen) atoms. The van der Waals surface area contributed by atoms with Crippen molar-refractivity contribution in [1.29, 1.82) is 5.26 Å². The summed E-state index contributed by atoms with van der Waals surface area (Å²) in [5.74, 6) is 0.507. The topological polar surface area (TPSA) is 53.3 Å². The van der Waals surface area contributed by atoms with Crippen LogP contribution in [0.3, 0.4) is 0 Å². The summed E-state index contributed by atoms with van der Waals surface area (Å²) in [7, 11) is 0. The van der Waals surface area contributed by atoms with Gasteiger partial charge in [-0.05, 0) is 52.4 Å². The molecule has 1 saturated heterocycles. The Morgan fingerprint density at radius 2 is 1.89 bits per heavy atom. The van der Waals surface area contributed by atoms with Gasteiger partial charge in [0.25, 0.3) is 0 Å². The first-order chi connectivity index (χ1) is 8.90. The first kappa shape index (κ1) is 13.9. The molecule has 0 aromatic carbocycles. The number of amides is 1. The number of nitrogens with zero attached hydrogens (tertiary/aromatic N) is 2. The second-order valence-corrected chi connectivity index (χ2v) is 6.37. The van der Waals surface area contributed by atoms with Gasteiger partial charge in [0, 0.05) is 18.7 Å². The number of carbonyl (C=O) groups is 1. The van der Waals surface area contributed by atoms with E-state index < -0.39 is 5.60 Å². The summed E-state index contributed by atoms with van der Waals surface area (Å²) in [5, 5.41) is 9.20. The van der Waals surface area contributed by atoms with Crippen molar-refractivity contribution >= 4 is 6.09 Å². The number of hydrogen-bond donors (Lipinski definition) is 0. The number of rotatable bonds is 1. The van der Waals surface area contributed by atoms with Gasteiger partial charge in [-0.1, -0.05) is 5.57 Å². The molecule has 2 fully saturated rings. The lowest BCUT2D eigenvalue weighted by molar-refractivity contribution is 0.0236. The first-order valence-electron chi connectivity index (χ1n) is 7.00. The van der Waals surface area contributed by atoms with Gasteiger partial charge in [-0.3, -0.25) is 0 Å². The highest BCUT2D eigenvalue weighted by atomic mass is 16.6. The van der Waals surface area contributed by atoms with Gasteiger partial charge in [0.2, 0.25) is 0 Å². The molecule has 2 aliphatic rings. The molecule has 104 valence electrons. The van der Waals surface area contributed by atoms with Crippen LogP contribution >= 0.6 is 0 Å². The zero-order chi connectivity index (χ0) is 14.0. The Bertz CT molecular complexity index is 426. The van der Waals surface area contributed by atoms with E-state index in [-0.39, 0.29) is 6.09 Å². The third-order valence-electron chi connectivity index (χ3n) is 3.51. The monoisotopic (exact) mass is 262 g/mol. The van der Waals surface area contributed by atoms with Gasteiger partial charge in [-0.25, -0.2) is 4.79 Å². The Morgan fingerprint density at radius 1 is 1.32 bits per heavy atom. The van der Waals surface area contributed by atoms with Crippen molar-refractivity contribution in [1.82, 2.24) is 4.90 Å². The lowest BCUT2D eigenvalue weighted by atomic mass is 9.96. The highest BCUT2D eigenvalue weighted by Crippen LogP contribution is 2.39. The number of piperidine rings is 1. The number of likely N-dealkylation sites (tertiary alicyclic amines) is 1. The molecule has 0 spiro atoms. The van der Waals surface area contributed by atoms with Crippen LogP contribution in [0.25, 0.3) is 0 Å².